The molecule has 0 saturated heterocycles. The maximum absolute atomic E-state index is 12.9. The molecule has 0 aliphatic heterocycles. The molecule has 3 aromatic carbocycles. The average molecular weight is 545 g/mol. The van der Waals surface area contributed by atoms with E-state index in [0.717, 1.165) is 6.07 Å². The standard InChI is InChI=1S/C23H17Cl2F3N2O4S/c1-2-35(32,33)13-9-7-12(8-10-13)21(31)22-29-16-11-15(24)18(19(25)20(16)30-22)14-5-3-4-6-17(14)34-23(26,27)28/h3-11,21,31H,2H2,1H3,(H,29,30). The van der Waals surface area contributed by atoms with Gasteiger partial charge in [-0.05, 0) is 29.8 Å². The number of aromatic nitrogens is 2. The number of nitrogens with one attached hydrogen (secondary N) is 1. The molecule has 0 fully saturated rings. The zero-order valence-corrected chi connectivity index (χ0v) is 20.2. The molecule has 4 aromatic rings. The van der Waals surface area contributed by atoms with Gasteiger partial charge in [0.05, 0.1) is 26.2 Å². The third-order valence-electron chi connectivity index (χ3n) is 5.26. The highest BCUT2D eigenvalue weighted by Crippen LogP contribution is 2.44. The van der Waals surface area contributed by atoms with Gasteiger partial charge in [0.2, 0.25) is 0 Å². The minimum Gasteiger partial charge on any atom is -0.405 e. The number of alkyl halides is 3. The Hall–Kier alpha value is -2.79. The lowest BCUT2D eigenvalue weighted by Crippen LogP contribution is -2.17. The number of nitrogens with zero attached hydrogens (tertiary/aromatic N) is 1. The molecule has 0 radical (unpaired) electrons. The molecule has 1 unspecified atom stereocenters. The van der Waals surface area contributed by atoms with Gasteiger partial charge in [-0.3, -0.25) is 0 Å². The fourth-order valence-corrected chi connectivity index (χ4v) is 5.13. The highest BCUT2D eigenvalue weighted by Gasteiger charge is 2.33. The van der Waals surface area contributed by atoms with E-state index in [4.69, 9.17) is 23.2 Å². The quantitative estimate of drug-likeness (QED) is 0.296. The second-order valence-corrected chi connectivity index (χ2v) is 10.5. The molecule has 1 atom stereocenters. The maximum Gasteiger partial charge on any atom is 0.573 e. The Balaban J connectivity index is 1.76. The molecule has 12 heteroatoms. The topological polar surface area (TPSA) is 92.3 Å². The van der Waals surface area contributed by atoms with Gasteiger partial charge in [-0.15, -0.1) is 13.2 Å². The van der Waals surface area contributed by atoms with Crippen LogP contribution in [0.15, 0.2) is 59.5 Å². The van der Waals surface area contributed by atoms with Gasteiger partial charge in [0, 0.05) is 11.1 Å². The number of benzene rings is 3. The number of H-pyrrole nitrogens is 1. The fraction of sp³-hybridized carbons (Fsp3) is 0.174. The number of aliphatic hydroxyl groups is 1. The van der Waals surface area contributed by atoms with Crippen LogP contribution in [0, 0.1) is 0 Å². The number of halogens is 5. The maximum atomic E-state index is 12.9. The summed E-state index contributed by atoms with van der Waals surface area (Å²) in [5, 5.41) is 10.8. The molecule has 0 aliphatic rings. The molecule has 0 saturated carbocycles. The van der Waals surface area contributed by atoms with Gasteiger partial charge in [0.1, 0.15) is 23.2 Å². The normalized spacial score (nSPS) is 13.2. The van der Waals surface area contributed by atoms with Gasteiger partial charge in [-0.2, -0.15) is 0 Å². The predicted molar refractivity (Wildman–Crippen MR) is 126 cm³/mol. The zero-order valence-electron chi connectivity index (χ0n) is 17.9. The van der Waals surface area contributed by atoms with Crippen molar-refractivity contribution in [3.05, 3.63) is 76.0 Å². The van der Waals surface area contributed by atoms with E-state index in [1.54, 1.807) is 0 Å². The van der Waals surface area contributed by atoms with Crippen LogP contribution in [0.25, 0.3) is 22.2 Å². The summed E-state index contributed by atoms with van der Waals surface area (Å²) in [4.78, 5) is 7.36. The Morgan fingerprint density at radius 3 is 2.40 bits per heavy atom. The van der Waals surface area contributed by atoms with Crippen molar-refractivity contribution in [2.45, 2.75) is 24.3 Å². The Morgan fingerprint density at radius 1 is 1.11 bits per heavy atom. The molecule has 6 nitrogen and oxygen atoms in total. The number of hydrogen-bond acceptors (Lipinski definition) is 5. The molecular formula is C23H17Cl2F3N2O4S. The second kappa shape index (κ2) is 9.34. The minimum atomic E-state index is -4.92. The number of fused-ring (bicyclic) bond motifs is 1. The van der Waals surface area contributed by atoms with Crippen LogP contribution in [-0.4, -0.2) is 35.6 Å². The van der Waals surface area contributed by atoms with Crippen molar-refractivity contribution in [3.63, 3.8) is 0 Å². The van der Waals surface area contributed by atoms with E-state index in [0.29, 0.717) is 11.1 Å². The molecule has 0 bridgehead atoms. The van der Waals surface area contributed by atoms with Crippen LogP contribution < -0.4 is 4.74 Å². The summed E-state index contributed by atoms with van der Waals surface area (Å²) in [5.41, 5.74) is 0.983. The van der Waals surface area contributed by atoms with Crippen molar-refractivity contribution in [1.29, 1.82) is 0 Å². The Kier molecular flexibility index (Phi) is 6.76. The van der Waals surface area contributed by atoms with Crippen LogP contribution in [0.2, 0.25) is 10.0 Å². The van der Waals surface area contributed by atoms with Gasteiger partial charge < -0.3 is 14.8 Å². The van der Waals surface area contributed by atoms with E-state index in [1.807, 2.05) is 0 Å². The lowest BCUT2D eigenvalue weighted by atomic mass is 10.0. The Morgan fingerprint density at radius 2 is 1.77 bits per heavy atom. The summed E-state index contributed by atoms with van der Waals surface area (Å²) in [6.45, 7) is 1.53. The molecule has 184 valence electrons. The first kappa shape index (κ1) is 25.3. The average Bonchev–Trinajstić information content (AvgIpc) is 3.23. The first-order valence-corrected chi connectivity index (χ1v) is 12.6. The molecule has 2 N–H and O–H groups in total. The molecule has 0 spiro atoms. The van der Waals surface area contributed by atoms with E-state index in [-0.39, 0.29) is 43.2 Å². The lowest BCUT2D eigenvalue weighted by Gasteiger charge is -2.15. The first-order valence-electron chi connectivity index (χ1n) is 10.1. The van der Waals surface area contributed by atoms with Gasteiger partial charge >= 0.3 is 6.36 Å². The number of rotatable bonds is 6. The van der Waals surface area contributed by atoms with Gasteiger partial charge in [0.15, 0.2) is 9.84 Å². The van der Waals surface area contributed by atoms with E-state index in [9.17, 15) is 26.7 Å². The van der Waals surface area contributed by atoms with Crippen LogP contribution in [0.3, 0.4) is 0 Å². The van der Waals surface area contributed by atoms with E-state index < -0.39 is 28.1 Å². The van der Waals surface area contributed by atoms with Crippen LogP contribution in [0.4, 0.5) is 13.2 Å². The molecule has 0 amide bonds. The van der Waals surface area contributed by atoms with Crippen LogP contribution in [-0.2, 0) is 9.84 Å². The Labute approximate surface area is 208 Å². The van der Waals surface area contributed by atoms with Crippen molar-refractivity contribution >= 4 is 44.1 Å². The number of ether oxygens (including phenoxy) is 1. The molecule has 4 rings (SSSR count). The summed E-state index contributed by atoms with van der Waals surface area (Å²) in [5.74, 6) is -0.459. The highest BCUT2D eigenvalue weighted by molar-refractivity contribution is 7.91. The number of sulfone groups is 1. The second-order valence-electron chi connectivity index (χ2n) is 7.48. The van der Waals surface area contributed by atoms with Crippen molar-refractivity contribution < 1.29 is 31.4 Å². The summed E-state index contributed by atoms with van der Waals surface area (Å²) in [7, 11) is -3.40. The van der Waals surface area contributed by atoms with E-state index in [1.165, 1.54) is 55.5 Å². The van der Waals surface area contributed by atoms with Crippen molar-refractivity contribution in [2.24, 2.45) is 0 Å². The van der Waals surface area contributed by atoms with Crippen LogP contribution >= 0.6 is 23.2 Å². The van der Waals surface area contributed by atoms with Crippen LogP contribution in [0.1, 0.15) is 24.4 Å². The molecule has 1 heterocycles. The summed E-state index contributed by atoms with van der Waals surface area (Å²) in [6, 6.07) is 12.6. The lowest BCUT2D eigenvalue weighted by molar-refractivity contribution is -0.274. The highest BCUT2D eigenvalue weighted by atomic mass is 35.5. The molecule has 0 aliphatic carbocycles. The number of hydrogen-bond donors (Lipinski definition) is 2. The smallest absolute Gasteiger partial charge is 0.405 e. The Bertz CT molecular complexity index is 1500. The molecular weight excluding hydrogens is 528 g/mol. The molecule has 35 heavy (non-hydrogen) atoms. The van der Waals surface area contributed by atoms with Gasteiger partial charge in [-0.25, -0.2) is 13.4 Å². The van der Waals surface area contributed by atoms with E-state index in [2.05, 4.69) is 14.7 Å². The number of aliphatic hydroxyl groups excluding tert-OH is 1. The largest absolute Gasteiger partial charge is 0.573 e. The zero-order chi connectivity index (χ0) is 25.5. The molecule has 1 aromatic heterocycles. The van der Waals surface area contributed by atoms with E-state index >= 15 is 0 Å². The number of aromatic amines is 1. The third-order valence-corrected chi connectivity index (χ3v) is 7.68. The summed E-state index contributed by atoms with van der Waals surface area (Å²) in [6.07, 6.45) is -6.19. The SMILES string of the molecule is CCS(=O)(=O)c1ccc(C(O)c2nc3c(Cl)c(-c4ccccc4OC(F)(F)F)c(Cl)cc3[nH]2)cc1. The number of imidazole rings is 1. The number of para-hydroxylation sites is 1. The fourth-order valence-electron chi connectivity index (χ4n) is 3.54. The first-order chi connectivity index (χ1) is 16.4. The third kappa shape index (κ3) is 5.11. The van der Waals surface area contributed by atoms with Crippen molar-refractivity contribution in [3.8, 4) is 16.9 Å². The minimum absolute atomic E-state index is 0.0135. The van der Waals surface area contributed by atoms with Crippen LogP contribution in [0.5, 0.6) is 5.75 Å². The predicted octanol–water partition coefficient (Wildman–Crippen LogP) is 6.31. The van der Waals surface area contributed by atoms with Crippen molar-refractivity contribution in [1.82, 2.24) is 9.97 Å². The van der Waals surface area contributed by atoms with Gasteiger partial charge in [0.25, 0.3) is 0 Å². The monoisotopic (exact) mass is 544 g/mol. The van der Waals surface area contributed by atoms with Gasteiger partial charge in [-0.1, -0.05) is 60.5 Å². The van der Waals surface area contributed by atoms with Crippen molar-refractivity contribution in [2.75, 3.05) is 5.75 Å². The summed E-state index contributed by atoms with van der Waals surface area (Å²) < 4.78 is 66.8. The summed E-state index contributed by atoms with van der Waals surface area (Å²) >= 11 is 12.9.